The second-order valence-electron chi connectivity index (χ2n) is 6.74. The second-order valence-corrected chi connectivity index (χ2v) is 8.70. The van der Waals surface area contributed by atoms with Gasteiger partial charge in [0.25, 0.3) is 5.91 Å². The molecule has 2 aromatic carbocycles. The van der Waals surface area contributed by atoms with Crippen LogP contribution in [0.2, 0.25) is 10.0 Å². The van der Waals surface area contributed by atoms with E-state index in [1.165, 1.54) is 17.4 Å². The summed E-state index contributed by atoms with van der Waals surface area (Å²) in [6.07, 6.45) is 3.76. The third kappa shape index (κ3) is 5.27. The first-order valence-electron chi connectivity index (χ1n) is 9.49. The van der Waals surface area contributed by atoms with E-state index in [0.717, 1.165) is 16.0 Å². The third-order valence-corrected chi connectivity index (χ3v) is 5.98. The Balaban J connectivity index is 1.45. The van der Waals surface area contributed by atoms with Gasteiger partial charge in [0.05, 0.1) is 5.02 Å². The number of hydrogen-bond acceptors (Lipinski definition) is 5. The molecule has 158 valence electrons. The summed E-state index contributed by atoms with van der Waals surface area (Å²) >= 11 is 13.5. The average molecular weight is 480 g/mol. The van der Waals surface area contributed by atoms with Crippen LogP contribution >= 0.6 is 34.5 Å². The molecule has 4 rings (SSSR count). The number of furan rings is 1. The zero-order valence-electron chi connectivity index (χ0n) is 16.5. The van der Waals surface area contributed by atoms with Crippen molar-refractivity contribution in [3.63, 3.8) is 0 Å². The number of benzene rings is 2. The molecule has 0 atom stereocenters. The fourth-order valence-corrected chi connectivity index (χ4v) is 4.14. The molecule has 0 spiro atoms. The molecule has 0 aliphatic carbocycles. The molecule has 0 saturated heterocycles. The fraction of sp³-hybridized carbons (Fsp3) is 0.0417. The van der Waals surface area contributed by atoms with Crippen molar-refractivity contribution in [2.24, 2.45) is 0 Å². The predicted octanol–water partition coefficient (Wildman–Crippen LogP) is 6.85. The van der Waals surface area contributed by atoms with E-state index in [1.54, 1.807) is 24.4 Å². The number of carbonyl (C=O) groups is 1. The fourth-order valence-electron chi connectivity index (χ4n) is 2.94. The minimum Gasteiger partial charge on any atom is -0.457 e. The first-order valence-corrected chi connectivity index (χ1v) is 11.1. The molecular weight excluding hydrogens is 465 g/mol. The lowest BCUT2D eigenvalue weighted by atomic mass is 10.1. The van der Waals surface area contributed by atoms with Crippen LogP contribution in [0.1, 0.15) is 16.2 Å². The van der Waals surface area contributed by atoms with Gasteiger partial charge in [-0.1, -0.05) is 47.5 Å². The van der Waals surface area contributed by atoms with Gasteiger partial charge in [0.1, 0.15) is 23.2 Å². The number of aromatic nitrogens is 1. The second kappa shape index (κ2) is 9.84. The van der Waals surface area contributed by atoms with E-state index in [9.17, 15) is 10.1 Å². The highest BCUT2D eigenvalue weighted by Crippen LogP contribution is 2.30. The van der Waals surface area contributed by atoms with Gasteiger partial charge in [-0.05, 0) is 42.0 Å². The molecule has 0 aliphatic rings. The van der Waals surface area contributed by atoms with Gasteiger partial charge >= 0.3 is 0 Å². The maximum Gasteiger partial charge on any atom is 0.268 e. The van der Waals surface area contributed by atoms with Crippen LogP contribution in [0.5, 0.6) is 0 Å². The topological polar surface area (TPSA) is 78.9 Å². The summed E-state index contributed by atoms with van der Waals surface area (Å²) in [5, 5.41) is 13.8. The number of amides is 1. The number of nitriles is 1. The van der Waals surface area contributed by atoms with Gasteiger partial charge in [-0.2, -0.15) is 5.26 Å². The lowest BCUT2D eigenvalue weighted by Gasteiger charge is -2.00. The highest BCUT2D eigenvalue weighted by Gasteiger charge is 2.14. The van der Waals surface area contributed by atoms with Crippen molar-refractivity contribution in [2.45, 2.75) is 6.42 Å². The normalized spacial score (nSPS) is 11.2. The molecule has 4 aromatic rings. The van der Waals surface area contributed by atoms with Gasteiger partial charge in [-0.15, -0.1) is 11.3 Å². The molecule has 2 heterocycles. The summed E-state index contributed by atoms with van der Waals surface area (Å²) in [7, 11) is 0. The first-order chi connectivity index (χ1) is 15.5. The number of carbonyl (C=O) groups excluding carboxylic acids is 1. The lowest BCUT2D eigenvalue weighted by molar-refractivity contribution is -0.112. The quantitative estimate of drug-likeness (QED) is 0.242. The Kier molecular flexibility index (Phi) is 6.72. The molecule has 0 fully saturated rings. The van der Waals surface area contributed by atoms with Crippen LogP contribution in [0.3, 0.4) is 0 Å². The third-order valence-electron chi connectivity index (χ3n) is 4.48. The van der Waals surface area contributed by atoms with Gasteiger partial charge in [-0.3, -0.25) is 10.1 Å². The SMILES string of the molecule is N#CC(=Cc1ccc(-c2ccccc2Cl)o1)C(=O)Nc1ncc(Cc2ccc(Cl)cc2)s1. The van der Waals surface area contributed by atoms with E-state index in [1.807, 2.05) is 48.5 Å². The van der Waals surface area contributed by atoms with Gasteiger partial charge in [0, 0.05) is 34.2 Å². The monoisotopic (exact) mass is 479 g/mol. The van der Waals surface area contributed by atoms with Crippen molar-refractivity contribution in [3.8, 4) is 17.4 Å². The molecule has 2 aromatic heterocycles. The zero-order chi connectivity index (χ0) is 22.5. The number of rotatable bonds is 6. The summed E-state index contributed by atoms with van der Waals surface area (Å²) in [4.78, 5) is 17.8. The van der Waals surface area contributed by atoms with Crippen LogP contribution < -0.4 is 5.32 Å². The Bertz CT molecular complexity index is 1330. The molecule has 0 radical (unpaired) electrons. The molecule has 32 heavy (non-hydrogen) atoms. The van der Waals surface area contributed by atoms with E-state index in [-0.39, 0.29) is 5.57 Å². The number of halogens is 2. The number of hydrogen-bond donors (Lipinski definition) is 1. The van der Waals surface area contributed by atoms with Crippen LogP contribution in [-0.4, -0.2) is 10.9 Å². The van der Waals surface area contributed by atoms with E-state index < -0.39 is 5.91 Å². The molecule has 0 saturated carbocycles. The lowest BCUT2D eigenvalue weighted by Crippen LogP contribution is -2.13. The molecule has 5 nitrogen and oxygen atoms in total. The van der Waals surface area contributed by atoms with Crippen molar-refractivity contribution in [1.82, 2.24) is 4.98 Å². The number of nitrogens with one attached hydrogen (secondary N) is 1. The molecule has 0 aliphatic heterocycles. The number of nitrogens with zero attached hydrogens (tertiary/aromatic N) is 2. The minimum absolute atomic E-state index is 0.0977. The molecule has 0 unspecified atom stereocenters. The average Bonchev–Trinajstić information content (AvgIpc) is 3.43. The Hall–Kier alpha value is -3.37. The Morgan fingerprint density at radius 1 is 1.12 bits per heavy atom. The molecule has 1 amide bonds. The van der Waals surface area contributed by atoms with E-state index >= 15 is 0 Å². The standard InChI is InChI=1S/C24H15Cl2N3O2S/c25-17-7-5-15(6-8-17)11-19-14-28-24(32-19)29-23(30)16(13-27)12-18-9-10-22(31-18)20-3-1-2-4-21(20)26/h1-10,12,14H,11H2,(H,28,29,30). The van der Waals surface area contributed by atoms with Crippen molar-refractivity contribution in [1.29, 1.82) is 5.26 Å². The van der Waals surface area contributed by atoms with Crippen LogP contribution in [0.4, 0.5) is 5.13 Å². The summed E-state index contributed by atoms with van der Waals surface area (Å²) in [5.74, 6) is 0.357. The van der Waals surface area contributed by atoms with Crippen LogP contribution in [0.15, 0.2) is 76.9 Å². The molecule has 0 bridgehead atoms. The highest BCUT2D eigenvalue weighted by atomic mass is 35.5. The predicted molar refractivity (Wildman–Crippen MR) is 128 cm³/mol. The van der Waals surface area contributed by atoms with Crippen LogP contribution in [-0.2, 0) is 11.2 Å². The van der Waals surface area contributed by atoms with Gasteiger partial charge in [0.2, 0.25) is 0 Å². The maximum atomic E-state index is 12.6. The maximum absolute atomic E-state index is 12.6. The van der Waals surface area contributed by atoms with Gasteiger partial charge in [0.15, 0.2) is 5.13 Å². The first kappa shape index (κ1) is 21.8. The number of thiazole rings is 1. The van der Waals surface area contributed by atoms with E-state index in [2.05, 4.69) is 10.3 Å². The van der Waals surface area contributed by atoms with Crippen molar-refractivity contribution in [3.05, 3.63) is 98.7 Å². The Labute approximate surface area is 198 Å². The zero-order valence-corrected chi connectivity index (χ0v) is 18.8. The molecule has 1 N–H and O–H groups in total. The summed E-state index contributed by atoms with van der Waals surface area (Å²) in [6.45, 7) is 0. The molecular formula is C24H15Cl2N3O2S. The van der Waals surface area contributed by atoms with Crippen molar-refractivity contribution < 1.29 is 9.21 Å². The van der Waals surface area contributed by atoms with Gasteiger partial charge in [-0.25, -0.2) is 4.98 Å². The number of anilines is 1. The van der Waals surface area contributed by atoms with Crippen LogP contribution in [0.25, 0.3) is 17.4 Å². The van der Waals surface area contributed by atoms with Crippen molar-refractivity contribution >= 4 is 51.7 Å². The van der Waals surface area contributed by atoms with E-state index in [4.69, 9.17) is 27.6 Å². The largest absolute Gasteiger partial charge is 0.457 e. The van der Waals surface area contributed by atoms with Gasteiger partial charge < -0.3 is 4.42 Å². The van der Waals surface area contributed by atoms with Crippen molar-refractivity contribution in [2.75, 3.05) is 5.32 Å². The summed E-state index contributed by atoms with van der Waals surface area (Å²) < 4.78 is 5.75. The minimum atomic E-state index is -0.560. The summed E-state index contributed by atoms with van der Waals surface area (Å²) in [6, 6.07) is 20.1. The summed E-state index contributed by atoms with van der Waals surface area (Å²) in [5.41, 5.74) is 1.72. The molecule has 8 heteroatoms. The Morgan fingerprint density at radius 3 is 2.66 bits per heavy atom. The highest BCUT2D eigenvalue weighted by molar-refractivity contribution is 7.15. The van der Waals surface area contributed by atoms with Crippen LogP contribution in [0, 0.1) is 11.3 Å². The van der Waals surface area contributed by atoms with E-state index in [0.29, 0.717) is 33.1 Å². The smallest absolute Gasteiger partial charge is 0.268 e. The Morgan fingerprint density at radius 2 is 1.91 bits per heavy atom.